The van der Waals surface area contributed by atoms with Gasteiger partial charge in [-0.3, -0.25) is 14.9 Å². The van der Waals surface area contributed by atoms with E-state index in [0.29, 0.717) is 12.2 Å². The molecule has 0 aromatic heterocycles. The molecule has 1 aliphatic carbocycles. The summed E-state index contributed by atoms with van der Waals surface area (Å²) in [4.78, 5) is 22.8. The molecule has 1 aliphatic rings. The molecule has 0 saturated heterocycles. The Kier molecular flexibility index (Phi) is 4.67. The van der Waals surface area contributed by atoms with E-state index in [1.54, 1.807) is 0 Å². The molecule has 1 aromatic carbocycles. The van der Waals surface area contributed by atoms with Crippen molar-refractivity contribution in [3.63, 3.8) is 0 Å². The van der Waals surface area contributed by atoms with Crippen LogP contribution in [0.2, 0.25) is 0 Å². The summed E-state index contributed by atoms with van der Waals surface area (Å²) < 4.78 is 25.7. The maximum atomic E-state index is 12.8. The van der Waals surface area contributed by atoms with Crippen LogP contribution in [0.25, 0.3) is 0 Å². The highest BCUT2D eigenvalue weighted by Crippen LogP contribution is 2.38. The molecule has 0 bridgehead atoms. The number of nitrogens with zero attached hydrogens (tertiary/aromatic N) is 1. The molecular formula is C14H18F2N4O3. The smallest absolute Gasteiger partial charge is 0.293 e. The van der Waals surface area contributed by atoms with Crippen LogP contribution in [0.3, 0.4) is 0 Å². The molecule has 0 unspecified atom stereocenters. The average molecular weight is 328 g/mol. The Balaban J connectivity index is 2.29. The third-order valence-electron chi connectivity index (χ3n) is 3.64. The maximum absolute atomic E-state index is 12.8. The number of carbonyl (C=O) groups is 1. The number of nitro benzene ring substituents is 1. The maximum Gasteiger partial charge on any atom is 0.293 e. The number of nitro groups is 1. The number of anilines is 2. The van der Waals surface area contributed by atoms with Crippen LogP contribution in [-0.2, 0) is 0 Å². The Labute approximate surface area is 131 Å². The van der Waals surface area contributed by atoms with E-state index < -0.39 is 35.6 Å². The van der Waals surface area contributed by atoms with Crippen LogP contribution in [0.15, 0.2) is 12.1 Å². The van der Waals surface area contributed by atoms with Gasteiger partial charge in [0.25, 0.3) is 17.5 Å². The van der Waals surface area contributed by atoms with Crippen LogP contribution in [0, 0.1) is 10.1 Å². The first-order chi connectivity index (χ1) is 10.8. The molecule has 23 heavy (non-hydrogen) atoms. The number of nitrogens with one attached hydrogen (secondary N) is 3. The molecule has 0 spiro atoms. The molecule has 1 amide bonds. The molecule has 3 N–H and O–H groups in total. The minimum atomic E-state index is -2.75. The molecule has 2 rings (SSSR count). The molecule has 7 nitrogen and oxygen atoms in total. The number of amides is 1. The molecule has 1 saturated carbocycles. The number of hydrogen-bond acceptors (Lipinski definition) is 5. The molecule has 126 valence electrons. The van der Waals surface area contributed by atoms with Crippen molar-refractivity contribution in [3.8, 4) is 0 Å². The Morgan fingerprint density at radius 1 is 1.39 bits per heavy atom. The van der Waals surface area contributed by atoms with Gasteiger partial charge in [0, 0.05) is 44.2 Å². The van der Waals surface area contributed by atoms with Crippen molar-refractivity contribution < 1.29 is 18.5 Å². The summed E-state index contributed by atoms with van der Waals surface area (Å²) in [7, 11) is 1.54. The second-order valence-corrected chi connectivity index (χ2v) is 5.39. The number of hydrogen-bond donors (Lipinski definition) is 3. The van der Waals surface area contributed by atoms with Gasteiger partial charge in [-0.25, -0.2) is 8.78 Å². The molecule has 0 aliphatic heterocycles. The van der Waals surface area contributed by atoms with Crippen molar-refractivity contribution in [1.82, 2.24) is 5.32 Å². The Hall–Kier alpha value is -2.45. The van der Waals surface area contributed by atoms with E-state index >= 15 is 0 Å². The van der Waals surface area contributed by atoms with E-state index in [9.17, 15) is 23.7 Å². The van der Waals surface area contributed by atoms with E-state index in [0.717, 1.165) is 6.07 Å². The van der Waals surface area contributed by atoms with Gasteiger partial charge < -0.3 is 16.0 Å². The monoisotopic (exact) mass is 328 g/mol. The van der Waals surface area contributed by atoms with E-state index in [1.165, 1.54) is 13.1 Å². The lowest BCUT2D eigenvalue weighted by atomic mass is 9.88. The quantitative estimate of drug-likeness (QED) is 0.551. The molecule has 0 atom stereocenters. The number of halogens is 2. The molecule has 0 heterocycles. The number of benzene rings is 1. The van der Waals surface area contributed by atoms with Gasteiger partial charge in [-0.15, -0.1) is 0 Å². The van der Waals surface area contributed by atoms with Gasteiger partial charge in [-0.05, 0) is 13.0 Å². The van der Waals surface area contributed by atoms with Crippen LogP contribution in [-0.4, -0.2) is 36.4 Å². The summed E-state index contributed by atoms with van der Waals surface area (Å²) in [6.07, 6.45) is -0.821. The first-order valence-electron chi connectivity index (χ1n) is 7.20. The molecule has 1 aromatic rings. The lowest BCUT2D eigenvalue weighted by Crippen LogP contribution is -2.50. The number of carbonyl (C=O) groups excluding carboxylic acids is 1. The summed E-state index contributed by atoms with van der Waals surface area (Å²) >= 11 is 0. The van der Waals surface area contributed by atoms with E-state index in [1.807, 2.05) is 6.92 Å². The van der Waals surface area contributed by atoms with Crippen LogP contribution < -0.4 is 16.0 Å². The van der Waals surface area contributed by atoms with Crippen molar-refractivity contribution in [2.24, 2.45) is 0 Å². The third-order valence-corrected chi connectivity index (χ3v) is 3.64. The van der Waals surface area contributed by atoms with Crippen molar-refractivity contribution in [3.05, 3.63) is 27.8 Å². The van der Waals surface area contributed by atoms with Gasteiger partial charge in [-0.2, -0.15) is 0 Å². The minimum Gasteiger partial charge on any atom is -0.385 e. The van der Waals surface area contributed by atoms with E-state index in [-0.39, 0.29) is 16.9 Å². The minimum absolute atomic E-state index is 0.0627. The molecular weight excluding hydrogens is 310 g/mol. The zero-order valence-corrected chi connectivity index (χ0v) is 12.8. The Morgan fingerprint density at radius 2 is 2.04 bits per heavy atom. The Morgan fingerprint density at radius 3 is 2.52 bits per heavy atom. The standard InChI is InChI=1S/C14H18F2N4O3/c1-3-18-10-5-11(17-2)12(20(22)23)4-9(10)13(21)19-8-6-14(15,16)7-8/h4-5,8,17-18H,3,6-7H2,1-2H3,(H,19,21). The second kappa shape index (κ2) is 6.35. The lowest BCUT2D eigenvalue weighted by molar-refractivity contribution is -0.383. The summed E-state index contributed by atoms with van der Waals surface area (Å²) in [6.45, 7) is 2.32. The van der Waals surface area contributed by atoms with Crippen molar-refractivity contribution in [2.45, 2.75) is 31.7 Å². The zero-order valence-electron chi connectivity index (χ0n) is 12.8. The highest BCUT2D eigenvalue weighted by Gasteiger charge is 2.46. The third kappa shape index (κ3) is 3.66. The van der Waals surface area contributed by atoms with Crippen LogP contribution >= 0.6 is 0 Å². The van der Waals surface area contributed by atoms with E-state index in [4.69, 9.17) is 0 Å². The van der Waals surface area contributed by atoms with Crippen molar-refractivity contribution in [1.29, 1.82) is 0 Å². The van der Waals surface area contributed by atoms with Crippen LogP contribution in [0.4, 0.5) is 25.8 Å². The second-order valence-electron chi connectivity index (χ2n) is 5.39. The fourth-order valence-electron chi connectivity index (χ4n) is 2.49. The van der Waals surface area contributed by atoms with Gasteiger partial charge >= 0.3 is 0 Å². The molecule has 9 heteroatoms. The highest BCUT2D eigenvalue weighted by atomic mass is 19.3. The normalized spacial score (nSPS) is 16.3. The van der Waals surface area contributed by atoms with Gasteiger partial charge in [0.15, 0.2) is 0 Å². The summed E-state index contributed by atoms with van der Waals surface area (Å²) in [6, 6.07) is 2.00. The first-order valence-corrected chi connectivity index (χ1v) is 7.20. The largest absolute Gasteiger partial charge is 0.385 e. The molecule has 0 radical (unpaired) electrons. The predicted molar refractivity (Wildman–Crippen MR) is 82.2 cm³/mol. The van der Waals surface area contributed by atoms with Gasteiger partial charge in [0.05, 0.1) is 10.5 Å². The fraction of sp³-hybridized carbons (Fsp3) is 0.500. The van der Waals surface area contributed by atoms with Gasteiger partial charge in [-0.1, -0.05) is 0 Å². The first kappa shape index (κ1) is 16.9. The van der Waals surface area contributed by atoms with Crippen molar-refractivity contribution in [2.75, 3.05) is 24.2 Å². The van der Waals surface area contributed by atoms with Crippen LogP contribution in [0.5, 0.6) is 0 Å². The topological polar surface area (TPSA) is 96.3 Å². The zero-order chi connectivity index (χ0) is 17.2. The highest BCUT2D eigenvalue weighted by molar-refractivity contribution is 6.01. The lowest BCUT2D eigenvalue weighted by Gasteiger charge is -2.35. The fourth-order valence-corrected chi connectivity index (χ4v) is 2.49. The van der Waals surface area contributed by atoms with Gasteiger partial charge in [0.2, 0.25) is 0 Å². The summed E-state index contributed by atoms with van der Waals surface area (Å²) in [5.41, 5.74) is 0.481. The van der Waals surface area contributed by atoms with Crippen LogP contribution in [0.1, 0.15) is 30.1 Å². The molecule has 1 fully saturated rings. The van der Waals surface area contributed by atoms with Gasteiger partial charge in [0.1, 0.15) is 5.69 Å². The summed E-state index contributed by atoms with van der Waals surface area (Å²) in [5.74, 6) is -3.35. The number of rotatable bonds is 6. The predicted octanol–water partition coefficient (Wildman–Crippen LogP) is 2.60. The van der Waals surface area contributed by atoms with E-state index in [2.05, 4.69) is 16.0 Å². The number of alkyl halides is 2. The SMILES string of the molecule is CCNc1cc(NC)c([N+](=O)[O-])cc1C(=O)NC1CC(F)(F)C1. The Bertz CT molecular complexity index is 629. The van der Waals surface area contributed by atoms with Crippen molar-refractivity contribution >= 4 is 23.0 Å². The summed E-state index contributed by atoms with van der Waals surface area (Å²) in [5, 5.41) is 19.3. The average Bonchev–Trinajstić information content (AvgIpc) is 2.44.